The summed E-state index contributed by atoms with van der Waals surface area (Å²) in [6.07, 6.45) is 1.20. The lowest BCUT2D eigenvalue weighted by atomic mass is 10.1. The number of amides is 2. The van der Waals surface area contributed by atoms with Gasteiger partial charge in [-0.1, -0.05) is 30.3 Å². The molecular weight excluding hydrogens is 256 g/mol. The molecule has 20 heavy (non-hydrogen) atoms. The Bertz CT molecular complexity index is 503. The van der Waals surface area contributed by atoms with Crippen LogP contribution < -0.4 is 5.32 Å². The van der Waals surface area contributed by atoms with Crippen LogP contribution >= 0.6 is 0 Å². The number of benzene rings is 1. The van der Waals surface area contributed by atoms with Crippen molar-refractivity contribution in [2.24, 2.45) is 0 Å². The van der Waals surface area contributed by atoms with Gasteiger partial charge in [-0.05, 0) is 12.0 Å². The molecule has 106 valence electrons. The van der Waals surface area contributed by atoms with Crippen molar-refractivity contribution in [3.05, 3.63) is 35.9 Å². The molecule has 2 aliphatic rings. The summed E-state index contributed by atoms with van der Waals surface area (Å²) >= 11 is 0. The van der Waals surface area contributed by atoms with Crippen molar-refractivity contribution in [2.75, 3.05) is 19.7 Å². The normalized spacial score (nSPS) is 25.2. The lowest BCUT2D eigenvalue weighted by Crippen LogP contribution is -2.50. The third-order valence-electron chi connectivity index (χ3n) is 3.86. The van der Waals surface area contributed by atoms with E-state index in [1.807, 2.05) is 30.3 Å². The Hall–Kier alpha value is -1.88. The molecule has 5 heteroatoms. The Morgan fingerprint density at radius 3 is 2.90 bits per heavy atom. The van der Waals surface area contributed by atoms with Gasteiger partial charge in [-0.3, -0.25) is 9.59 Å². The molecule has 0 bridgehead atoms. The summed E-state index contributed by atoms with van der Waals surface area (Å²) in [4.78, 5) is 25.3. The Kier molecular flexibility index (Phi) is 3.69. The molecule has 5 nitrogen and oxygen atoms in total. The average Bonchev–Trinajstić information content (AvgIpc) is 2.89. The van der Waals surface area contributed by atoms with E-state index in [1.165, 1.54) is 5.56 Å². The van der Waals surface area contributed by atoms with Crippen LogP contribution in [0.15, 0.2) is 30.3 Å². The number of morpholine rings is 1. The SMILES string of the molecule is O=C1CO[C@H]2CN(C(=O)CCc3ccccc3)C[C@@H]2N1. The molecule has 1 N–H and O–H groups in total. The fraction of sp³-hybridized carbons (Fsp3) is 0.467. The zero-order valence-corrected chi connectivity index (χ0v) is 11.2. The number of ether oxygens (including phenoxy) is 1. The Labute approximate surface area is 117 Å². The zero-order chi connectivity index (χ0) is 13.9. The smallest absolute Gasteiger partial charge is 0.246 e. The number of nitrogens with zero attached hydrogens (tertiary/aromatic N) is 1. The van der Waals surface area contributed by atoms with Crippen LogP contribution in [-0.4, -0.2) is 48.6 Å². The van der Waals surface area contributed by atoms with Gasteiger partial charge in [0.05, 0.1) is 12.1 Å². The van der Waals surface area contributed by atoms with Crippen molar-refractivity contribution in [2.45, 2.75) is 25.0 Å². The largest absolute Gasteiger partial charge is 0.364 e. The molecule has 0 saturated carbocycles. The average molecular weight is 274 g/mol. The van der Waals surface area contributed by atoms with Gasteiger partial charge in [0.1, 0.15) is 6.61 Å². The maximum absolute atomic E-state index is 12.2. The van der Waals surface area contributed by atoms with E-state index < -0.39 is 0 Å². The summed E-state index contributed by atoms with van der Waals surface area (Å²) in [5.41, 5.74) is 1.17. The minimum absolute atomic E-state index is 0.0445. The number of aryl methyl sites for hydroxylation is 1. The fourth-order valence-electron chi connectivity index (χ4n) is 2.77. The second-order valence-electron chi connectivity index (χ2n) is 5.31. The third-order valence-corrected chi connectivity index (χ3v) is 3.86. The summed E-state index contributed by atoms with van der Waals surface area (Å²) in [6, 6.07) is 9.94. The van der Waals surface area contributed by atoms with Crippen LogP contribution in [0.25, 0.3) is 0 Å². The molecule has 1 aromatic carbocycles. The van der Waals surface area contributed by atoms with Gasteiger partial charge in [-0.2, -0.15) is 0 Å². The molecule has 2 aliphatic heterocycles. The van der Waals surface area contributed by atoms with E-state index in [1.54, 1.807) is 4.90 Å². The van der Waals surface area contributed by atoms with Crippen molar-refractivity contribution >= 4 is 11.8 Å². The van der Waals surface area contributed by atoms with E-state index >= 15 is 0 Å². The van der Waals surface area contributed by atoms with Gasteiger partial charge in [0, 0.05) is 19.5 Å². The molecule has 2 atom stereocenters. The predicted molar refractivity (Wildman–Crippen MR) is 73.0 cm³/mol. The topological polar surface area (TPSA) is 58.6 Å². The second-order valence-corrected chi connectivity index (χ2v) is 5.31. The van der Waals surface area contributed by atoms with Crippen LogP contribution in [0, 0.1) is 0 Å². The summed E-state index contributed by atoms with van der Waals surface area (Å²) in [5, 5.41) is 2.88. The summed E-state index contributed by atoms with van der Waals surface area (Å²) < 4.78 is 5.45. The Morgan fingerprint density at radius 1 is 1.30 bits per heavy atom. The molecule has 0 unspecified atom stereocenters. The molecule has 0 spiro atoms. The minimum Gasteiger partial charge on any atom is -0.364 e. The minimum atomic E-state index is -0.0927. The molecule has 2 amide bonds. The molecule has 1 aromatic rings. The summed E-state index contributed by atoms with van der Waals surface area (Å²) in [7, 11) is 0. The third kappa shape index (κ3) is 2.82. The first-order chi connectivity index (χ1) is 9.72. The van der Waals surface area contributed by atoms with Gasteiger partial charge in [0.25, 0.3) is 0 Å². The number of nitrogens with one attached hydrogen (secondary N) is 1. The van der Waals surface area contributed by atoms with Crippen LogP contribution in [0.4, 0.5) is 0 Å². The molecule has 3 rings (SSSR count). The Balaban J connectivity index is 1.52. The molecule has 2 fully saturated rings. The van der Waals surface area contributed by atoms with Crippen molar-refractivity contribution in [3.63, 3.8) is 0 Å². The summed E-state index contributed by atoms with van der Waals surface area (Å²) in [6.45, 7) is 1.25. The number of carbonyl (C=O) groups is 2. The standard InChI is InChI=1S/C15H18N2O3/c18-14-10-20-13-9-17(8-12(13)16-14)15(19)7-6-11-4-2-1-3-5-11/h1-5,12-13H,6-10H2,(H,16,18)/t12-,13-/m0/s1. The first-order valence-corrected chi connectivity index (χ1v) is 6.95. The van der Waals surface area contributed by atoms with Gasteiger partial charge in [-0.15, -0.1) is 0 Å². The first kappa shape index (κ1) is 13.1. The van der Waals surface area contributed by atoms with Crippen molar-refractivity contribution < 1.29 is 14.3 Å². The van der Waals surface area contributed by atoms with Gasteiger partial charge in [0.15, 0.2) is 0 Å². The molecule has 0 radical (unpaired) electrons. The highest BCUT2D eigenvalue weighted by molar-refractivity contribution is 5.80. The number of rotatable bonds is 3. The van der Waals surface area contributed by atoms with Crippen LogP contribution in [0.2, 0.25) is 0 Å². The molecule has 0 aromatic heterocycles. The molecule has 2 heterocycles. The molecule has 0 aliphatic carbocycles. The predicted octanol–water partition coefficient (Wildman–Crippen LogP) is 0.345. The zero-order valence-electron chi connectivity index (χ0n) is 11.2. The molecule has 2 saturated heterocycles. The van der Waals surface area contributed by atoms with E-state index in [0.717, 1.165) is 6.42 Å². The quantitative estimate of drug-likeness (QED) is 0.865. The number of likely N-dealkylation sites (tertiary alicyclic amines) is 1. The van der Waals surface area contributed by atoms with Crippen LogP contribution in [0.3, 0.4) is 0 Å². The highest BCUT2D eigenvalue weighted by Crippen LogP contribution is 2.18. The monoisotopic (exact) mass is 274 g/mol. The van der Waals surface area contributed by atoms with Crippen LogP contribution in [0.1, 0.15) is 12.0 Å². The number of hydrogen-bond acceptors (Lipinski definition) is 3. The fourth-order valence-corrected chi connectivity index (χ4v) is 2.77. The van der Waals surface area contributed by atoms with Crippen LogP contribution in [0.5, 0.6) is 0 Å². The van der Waals surface area contributed by atoms with Gasteiger partial charge in [0.2, 0.25) is 11.8 Å². The number of carbonyl (C=O) groups excluding carboxylic acids is 2. The van der Waals surface area contributed by atoms with E-state index in [2.05, 4.69) is 5.32 Å². The van der Waals surface area contributed by atoms with Gasteiger partial charge >= 0.3 is 0 Å². The van der Waals surface area contributed by atoms with Crippen LogP contribution in [-0.2, 0) is 20.7 Å². The lowest BCUT2D eigenvalue weighted by molar-refractivity contribution is -0.134. The van der Waals surface area contributed by atoms with E-state index in [-0.39, 0.29) is 30.6 Å². The first-order valence-electron chi connectivity index (χ1n) is 6.95. The van der Waals surface area contributed by atoms with E-state index in [0.29, 0.717) is 19.5 Å². The van der Waals surface area contributed by atoms with E-state index in [4.69, 9.17) is 4.74 Å². The van der Waals surface area contributed by atoms with Gasteiger partial charge < -0.3 is 15.0 Å². The summed E-state index contributed by atoms with van der Waals surface area (Å²) in [5.74, 6) is 0.0333. The van der Waals surface area contributed by atoms with Gasteiger partial charge in [-0.25, -0.2) is 0 Å². The van der Waals surface area contributed by atoms with Crippen molar-refractivity contribution in [1.82, 2.24) is 10.2 Å². The maximum Gasteiger partial charge on any atom is 0.246 e. The number of fused-ring (bicyclic) bond motifs is 1. The number of hydrogen-bond donors (Lipinski definition) is 1. The highest BCUT2D eigenvalue weighted by Gasteiger charge is 2.39. The lowest BCUT2D eigenvalue weighted by Gasteiger charge is -2.24. The maximum atomic E-state index is 12.2. The van der Waals surface area contributed by atoms with Crippen molar-refractivity contribution in [3.8, 4) is 0 Å². The Morgan fingerprint density at radius 2 is 2.10 bits per heavy atom. The van der Waals surface area contributed by atoms with E-state index in [9.17, 15) is 9.59 Å². The highest BCUT2D eigenvalue weighted by atomic mass is 16.5. The van der Waals surface area contributed by atoms with Crippen molar-refractivity contribution in [1.29, 1.82) is 0 Å². The second kappa shape index (κ2) is 5.63. The molecular formula is C15H18N2O3.